The van der Waals surface area contributed by atoms with E-state index in [1.54, 1.807) is 0 Å². The molecule has 0 bridgehead atoms. The molecule has 0 amide bonds. The summed E-state index contributed by atoms with van der Waals surface area (Å²) in [7, 11) is 0. The number of hydrogen-bond acceptors (Lipinski definition) is 3. The van der Waals surface area contributed by atoms with E-state index < -0.39 is 0 Å². The molecule has 1 unspecified atom stereocenters. The lowest BCUT2D eigenvalue weighted by molar-refractivity contribution is 0.0752. The van der Waals surface area contributed by atoms with E-state index in [0.29, 0.717) is 6.54 Å². The third-order valence-electron chi connectivity index (χ3n) is 2.80. The van der Waals surface area contributed by atoms with Gasteiger partial charge in [0.05, 0.1) is 6.61 Å². The highest BCUT2D eigenvalue weighted by Gasteiger charge is 2.23. The van der Waals surface area contributed by atoms with Crippen LogP contribution in [-0.2, 0) is 0 Å². The van der Waals surface area contributed by atoms with Gasteiger partial charge in [-0.3, -0.25) is 0 Å². The Labute approximate surface area is 87.7 Å². The molecule has 0 spiro atoms. The Balaban J connectivity index is 4.10. The fourth-order valence-electron chi connectivity index (χ4n) is 1.54. The monoisotopic (exact) mass is 203 g/mol. The van der Waals surface area contributed by atoms with Crippen LogP contribution in [0.4, 0.5) is 0 Å². The fourth-order valence-corrected chi connectivity index (χ4v) is 1.54. The quantitative estimate of drug-likeness (QED) is 0.621. The molecule has 0 heterocycles. The predicted octanol–water partition coefficient (Wildman–Crippen LogP) is 1.10. The molecule has 86 valence electrons. The molecule has 0 aromatic carbocycles. The molecule has 0 saturated carbocycles. The van der Waals surface area contributed by atoms with Crippen LogP contribution >= 0.6 is 0 Å². The van der Waals surface area contributed by atoms with Crippen molar-refractivity contribution in [2.24, 2.45) is 5.41 Å². The first-order valence-corrected chi connectivity index (χ1v) is 5.56. The van der Waals surface area contributed by atoms with Gasteiger partial charge in [-0.2, -0.15) is 0 Å². The highest BCUT2D eigenvalue weighted by atomic mass is 16.3. The predicted molar refractivity (Wildman–Crippen MR) is 59.3 cm³/mol. The molecule has 14 heavy (non-hydrogen) atoms. The number of aliphatic hydroxyl groups excluding tert-OH is 2. The van der Waals surface area contributed by atoms with Gasteiger partial charge in [-0.05, 0) is 19.4 Å². The molecule has 0 saturated heterocycles. The van der Waals surface area contributed by atoms with E-state index in [0.717, 1.165) is 25.9 Å². The molecule has 0 aromatic heterocycles. The number of hydrogen-bond donors (Lipinski definition) is 2. The summed E-state index contributed by atoms with van der Waals surface area (Å²) in [5.41, 5.74) is -0.0235. The lowest BCUT2D eigenvalue weighted by Gasteiger charge is -2.33. The summed E-state index contributed by atoms with van der Waals surface area (Å²) in [6.45, 7) is 9.31. The molecule has 0 radical (unpaired) electrons. The zero-order chi connectivity index (χ0) is 11.0. The first-order chi connectivity index (χ1) is 6.61. The van der Waals surface area contributed by atoms with Crippen molar-refractivity contribution in [2.75, 3.05) is 32.8 Å². The number of rotatable bonds is 8. The van der Waals surface area contributed by atoms with E-state index in [9.17, 15) is 5.11 Å². The molecule has 0 aromatic rings. The van der Waals surface area contributed by atoms with E-state index >= 15 is 0 Å². The van der Waals surface area contributed by atoms with Crippen LogP contribution in [0.15, 0.2) is 0 Å². The Kier molecular flexibility index (Phi) is 7.15. The van der Waals surface area contributed by atoms with E-state index in [2.05, 4.69) is 25.7 Å². The average Bonchev–Trinajstić information content (AvgIpc) is 2.18. The highest BCUT2D eigenvalue weighted by molar-refractivity contribution is 4.76. The maximum Gasteiger partial charge on any atom is 0.0558 e. The van der Waals surface area contributed by atoms with Crippen LogP contribution in [0.1, 0.15) is 33.6 Å². The van der Waals surface area contributed by atoms with Crippen LogP contribution in [0.2, 0.25) is 0 Å². The van der Waals surface area contributed by atoms with E-state index in [-0.39, 0.29) is 18.6 Å². The first kappa shape index (κ1) is 13.9. The Bertz CT molecular complexity index is 129. The van der Waals surface area contributed by atoms with E-state index in [1.165, 1.54) is 0 Å². The summed E-state index contributed by atoms with van der Waals surface area (Å²) in [4.78, 5) is 2.22. The topological polar surface area (TPSA) is 43.7 Å². The molecule has 3 nitrogen and oxygen atoms in total. The Hall–Kier alpha value is -0.120. The molecule has 0 aliphatic carbocycles. The molecule has 1 atom stereocenters. The van der Waals surface area contributed by atoms with Crippen molar-refractivity contribution >= 4 is 0 Å². The first-order valence-electron chi connectivity index (χ1n) is 5.56. The van der Waals surface area contributed by atoms with Crippen LogP contribution in [0.5, 0.6) is 0 Å². The van der Waals surface area contributed by atoms with Crippen LogP contribution in [0.3, 0.4) is 0 Å². The van der Waals surface area contributed by atoms with Crippen LogP contribution < -0.4 is 0 Å². The van der Waals surface area contributed by atoms with Gasteiger partial charge in [-0.15, -0.1) is 0 Å². The normalized spacial score (nSPS) is 15.9. The van der Waals surface area contributed by atoms with Crippen molar-refractivity contribution in [3.8, 4) is 0 Å². The minimum atomic E-state index is -0.0235. The SMILES string of the molecule is CCCN(CCO)CC(C)(CC)CO. The maximum atomic E-state index is 9.28. The maximum absolute atomic E-state index is 9.28. The van der Waals surface area contributed by atoms with Crippen molar-refractivity contribution < 1.29 is 10.2 Å². The Morgan fingerprint density at radius 3 is 2.14 bits per heavy atom. The zero-order valence-electron chi connectivity index (χ0n) is 9.79. The molecule has 3 heteroatoms. The summed E-state index contributed by atoms with van der Waals surface area (Å²) < 4.78 is 0. The second-order valence-electron chi connectivity index (χ2n) is 4.32. The minimum absolute atomic E-state index is 0.0235. The zero-order valence-corrected chi connectivity index (χ0v) is 9.79. The molecule has 0 fully saturated rings. The lowest BCUT2D eigenvalue weighted by atomic mass is 9.88. The van der Waals surface area contributed by atoms with E-state index in [1.807, 2.05) is 0 Å². The van der Waals surface area contributed by atoms with Gasteiger partial charge in [0.2, 0.25) is 0 Å². The highest BCUT2D eigenvalue weighted by Crippen LogP contribution is 2.21. The second kappa shape index (κ2) is 7.21. The largest absolute Gasteiger partial charge is 0.396 e. The van der Waals surface area contributed by atoms with Crippen molar-refractivity contribution in [3.63, 3.8) is 0 Å². The second-order valence-corrected chi connectivity index (χ2v) is 4.32. The van der Waals surface area contributed by atoms with Gasteiger partial charge in [0.1, 0.15) is 0 Å². The molecule has 0 aliphatic heterocycles. The fraction of sp³-hybridized carbons (Fsp3) is 1.00. The van der Waals surface area contributed by atoms with Crippen LogP contribution in [0.25, 0.3) is 0 Å². The molecule has 0 rings (SSSR count). The van der Waals surface area contributed by atoms with Gasteiger partial charge in [0.15, 0.2) is 0 Å². The summed E-state index contributed by atoms with van der Waals surface area (Å²) in [5.74, 6) is 0. The summed E-state index contributed by atoms with van der Waals surface area (Å²) in [6.07, 6.45) is 2.06. The van der Waals surface area contributed by atoms with Gasteiger partial charge in [-0.25, -0.2) is 0 Å². The van der Waals surface area contributed by atoms with Gasteiger partial charge in [-0.1, -0.05) is 20.8 Å². The van der Waals surface area contributed by atoms with Gasteiger partial charge >= 0.3 is 0 Å². The van der Waals surface area contributed by atoms with Crippen LogP contribution in [-0.4, -0.2) is 48.0 Å². The molecular weight excluding hydrogens is 178 g/mol. The van der Waals surface area contributed by atoms with Gasteiger partial charge in [0.25, 0.3) is 0 Å². The van der Waals surface area contributed by atoms with E-state index in [4.69, 9.17) is 5.11 Å². The van der Waals surface area contributed by atoms with Crippen molar-refractivity contribution in [2.45, 2.75) is 33.6 Å². The van der Waals surface area contributed by atoms with Crippen LogP contribution in [0, 0.1) is 5.41 Å². The molecule has 2 N–H and O–H groups in total. The van der Waals surface area contributed by atoms with Gasteiger partial charge < -0.3 is 15.1 Å². The minimum Gasteiger partial charge on any atom is -0.396 e. The third-order valence-corrected chi connectivity index (χ3v) is 2.80. The smallest absolute Gasteiger partial charge is 0.0558 e. The summed E-state index contributed by atoms with van der Waals surface area (Å²) in [6, 6.07) is 0. The van der Waals surface area contributed by atoms with Crippen molar-refractivity contribution in [3.05, 3.63) is 0 Å². The third kappa shape index (κ3) is 4.94. The standard InChI is InChI=1S/C11H25NO2/c1-4-6-12(7-8-13)9-11(3,5-2)10-14/h13-14H,4-10H2,1-3H3. The summed E-state index contributed by atoms with van der Waals surface area (Å²) >= 11 is 0. The Morgan fingerprint density at radius 1 is 1.14 bits per heavy atom. The number of aliphatic hydroxyl groups is 2. The van der Waals surface area contributed by atoms with Crippen molar-refractivity contribution in [1.82, 2.24) is 4.90 Å². The summed E-state index contributed by atoms with van der Waals surface area (Å²) in [5, 5.41) is 18.2. The Morgan fingerprint density at radius 2 is 1.79 bits per heavy atom. The average molecular weight is 203 g/mol. The van der Waals surface area contributed by atoms with Crippen molar-refractivity contribution in [1.29, 1.82) is 0 Å². The lowest BCUT2D eigenvalue weighted by Crippen LogP contribution is -2.39. The molecule has 0 aliphatic rings. The molecular formula is C11H25NO2. The van der Waals surface area contributed by atoms with Gasteiger partial charge in [0, 0.05) is 25.1 Å². The number of nitrogens with zero attached hydrogens (tertiary/aromatic N) is 1.